The van der Waals surface area contributed by atoms with Crippen LogP contribution >= 0.6 is 0 Å². The number of anilines is 3. The number of rotatable bonds is 7. The summed E-state index contributed by atoms with van der Waals surface area (Å²) in [5.74, 6) is 0.562. The topological polar surface area (TPSA) is 145 Å². The summed E-state index contributed by atoms with van der Waals surface area (Å²) in [5.41, 5.74) is -0.504. The predicted molar refractivity (Wildman–Crippen MR) is 152 cm³/mol. The average Bonchev–Trinajstić information content (AvgIpc) is 3.35. The second-order valence-corrected chi connectivity index (χ2v) is 10.7. The first kappa shape index (κ1) is 27.8. The molecule has 0 spiro atoms. The molecule has 4 aromatic rings. The molecule has 0 bridgehead atoms. The largest absolute Gasteiger partial charge is 0.443 e. The van der Waals surface area contributed by atoms with E-state index in [1.54, 1.807) is 76.7 Å². The Morgan fingerprint density at radius 2 is 1.95 bits per heavy atom. The van der Waals surface area contributed by atoms with Crippen LogP contribution in [0.2, 0.25) is 0 Å². The van der Waals surface area contributed by atoms with Crippen LogP contribution in [0.5, 0.6) is 0 Å². The molecule has 0 saturated heterocycles. The number of ether oxygens (including phenoxy) is 2. The Hall–Kier alpha value is -4.78. The van der Waals surface area contributed by atoms with Gasteiger partial charge in [-0.15, -0.1) is 0 Å². The number of aromatic nitrogens is 5. The van der Waals surface area contributed by atoms with E-state index in [4.69, 9.17) is 9.47 Å². The minimum absolute atomic E-state index is 0.0563. The number of nitrogens with one attached hydrogen (secondary N) is 2. The molecule has 13 heteroatoms. The third-order valence-electron chi connectivity index (χ3n) is 6.64. The van der Waals surface area contributed by atoms with Gasteiger partial charge in [0.15, 0.2) is 5.65 Å². The van der Waals surface area contributed by atoms with Crippen molar-refractivity contribution >= 4 is 35.0 Å². The van der Waals surface area contributed by atoms with Crippen LogP contribution in [-0.2, 0) is 9.47 Å². The molecule has 0 radical (unpaired) electrons. The normalized spacial score (nSPS) is 16.6. The minimum atomic E-state index is -0.741. The third-order valence-corrected chi connectivity index (χ3v) is 6.64. The summed E-state index contributed by atoms with van der Waals surface area (Å²) >= 11 is 0. The van der Waals surface area contributed by atoms with Crippen LogP contribution in [0.3, 0.4) is 0 Å². The van der Waals surface area contributed by atoms with Crippen LogP contribution in [0.1, 0.15) is 44.0 Å². The van der Waals surface area contributed by atoms with Crippen LogP contribution < -0.4 is 21.1 Å². The highest BCUT2D eigenvalue weighted by molar-refractivity contribution is 6.00. The standard InChI is InChI=1S/C28H32N8O5/c1-28(2,3)41-27(39)34(4)23-15-21(31-19-9-8-14-35(26(19)38)22-10-6-7-13-29-22)33-24-17(16-30-36(23)24)25(37)32-18-11-12-20(18)40-5/h6-10,13-16,18,20H,11-12H2,1-5H3,(H,31,33)(H,32,37)/t18?,20-/m1/s1. The molecule has 1 unspecified atom stereocenters. The summed E-state index contributed by atoms with van der Waals surface area (Å²) in [7, 11) is 3.14. The highest BCUT2D eigenvalue weighted by atomic mass is 16.6. The maximum atomic E-state index is 13.3. The summed E-state index contributed by atoms with van der Waals surface area (Å²) < 4.78 is 13.7. The molecule has 0 aliphatic heterocycles. The number of nitrogens with zero attached hydrogens (tertiary/aromatic N) is 6. The van der Waals surface area contributed by atoms with Crippen LogP contribution in [0.15, 0.2) is 59.8 Å². The van der Waals surface area contributed by atoms with Gasteiger partial charge in [-0.2, -0.15) is 9.61 Å². The number of carbonyl (C=O) groups excluding carboxylic acids is 2. The van der Waals surface area contributed by atoms with Crippen LogP contribution in [-0.4, -0.2) is 68.1 Å². The maximum absolute atomic E-state index is 13.3. The Balaban J connectivity index is 1.56. The summed E-state index contributed by atoms with van der Waals surface area (Å²) in [6.45, 7) is 5.29. The third kappa shape index (κ3) is 5.75. The molecule has 1 saturated carbocycles. The molecular formula is C28H32N8O5. The van der Waals surface area contributed by atoms with Gasteiger partial charge in [0.05, 0.1) is 18.3 Å². The summed E-state index contributed by atoms with van der Waals surface area (Å²) in [6, 6.07) is 10.0. The Kier molecular flexibility index (Phi) is 7.45. The fourth-order valence-corrected chi connectivity index (χ4v) is 4.40. The lowest BCUT2D eigenvalue weighted by molar-refractivity contribution is 0.00732. The lowest BCUT2D eigenvalue weighted by Gasteiger charge is -2.35. The van der Waals surface area contributed by atoms with Gasteiger partial charge in [-0.05, 0) is 57.9 Å². The molecule has 1 fully saturated rings. The number of amides is 2. The first-order valence-corrected chi connectivity index (χ1v) is 13.1. The van der Waals surface area contributed by atoms with Gasteiger partial charge in [0, 0.05) is 32.6 Å². The number of hydrogen-bond donors (Lipinski definition) is 2. The molecule has 1 aliphatic rings. The lowest BCUT2D eigenvalue weighted by atomic mass is 9.89. The van der Waals surface area contributed by atoms with Crippen LogP contribution in [0, 0.1) is 0 Å². The van der Waals surface area contributed by atoms with Gasteiger partial charge in [-0.1, -0.05) is 6.07 Å². The van der Waals surface area contributed by atoms with E-state index < -0.39 is 11.7 Å². The van der Waals surface area contributed by atoms with Gasteiger partial charge in [0.1, 0.15) is 34.3 Å². The van der Waals surface area contributed by atoms with Crippen molar-refractivity contribution in [3.05, 3.63) is 70.9 Å². The molecule has 41 heavy (non-hydrogen) atoms. The molecule has 2 N–H and O–H groups in total. The molecule has 13 nitrogen and oxygen atoms in total. The van der Waals surface area contributed by atoms with E-state index in [0.29, 0.717) is 5.82 Å². The predicted octanol–water partition coefficient (Wildman–Crippen LogP) is 3.30. The van der Waals surface area contributed by atoms with E-state index in [1.807, 2.05) is 0 Å². The highest BCUT2D eigenvalue weighted by Gasteiger charge is 2.33. The van der Waals surface area contributed by atoms with Crippen molar-refractivity contribution in [1.29, 1.82) is 0 Å². The van der Waals surface area contributed by atoms with Gasteiger partial charge >= 0.3 is 6.09 Å². The van der Waals surface area contributed by atoms with E-state index in [9.17, 15) is 14.4 Å². The van der Waals surface area contributed by atoms with Gasteiger partial charge in [-0.25, -0.2) is 14.8 Å². The monoisotopic (exact) mass is 560 g/mol. The SMILES string of the molecule is CO[C@@H]1CCC1NC(=O)c1cnn2c(N(C)C(=O)OC(C)(C)C)cc(Nc3cccn(-c4ccccn4)c3=O)nc12. The molecule has 2 amide bonds. The lowest BCUT2D eigenvalue weighted by Crippen LogP contribution is -2.51. The van der Waals surface area contributed by atoms with Gasteiger partial charge in [0.25, 0.3) is 11.5 Å². The number of pyridine rings is 2. The fourth-order valence-electron chi connectivity index (χ4n) is 4.40. The Morgan fingerprint density at radius 3 is 2.61 bits per heavy atom. The molecule has 1 aliphatic carbocycles. The second-order valence-electron chi connectivity index (χ2n) is 10.7. The van der Waals surface area contributed by atoms with E-state index in [0.717, 1.165) is 12.8 Å². The zero-order valence-corrected chi connectivity index (χ0v) is 23.5. The number of methoxy groups -OCH3 is 1. The smallest absolute Gasteiger partial charge is 0.415 e. The van der Waals surface area contributed by atoms with E-state index in [2.05, 4.69) is 25.7 Å². The van der Waals surface area contributed by atoms with Crippen molar-refractivity contribution in [2.24, 2.45) is 0 Å². The Morgan fingerprint density at radius 1 is 1.15 bits per heavy atom. The summed E-state index contributed by atoms with van der Waals surface area (Å²) in [5, 5.41) is 10.4. The molecule has 4 aromatic heterocycles. The molecule has 0 aromatic carbocycles. The van der Waals surface area contributed by atoms with E-state index in [1.165, 1.54) is 27.2 Å². The summed E-state index contributed by atoms with van der Waals surface area (Å²) in [6.07, 6.45) is 5.58. The zero-order chi connectivity index (χ0) is 29.3. The van der Waals surface area contributed by atoms with Crippen molar-refractivity contribution in [3.63, 3.8) is 0 Å². The van der Waals surface area contributed by atoms with Crippen molar-refractivity contribution < 1.29 is 19.1 Å². The minimum Gasteiger partial charge on any atom is -0.443 e. The number of carbonyl (C=O) groups is 2. The van der Waals surface area contributed by atoms with Crippen molar-refractivity contribution in [2.75, 3.05) is 24.4 Å². The molecular weight excluding hydrogens is 528 g/mol. The molecule has 4 heterocycles. The molecule has 214 valence electrons. The second kappa shape index (κ2) is 11.0. The zero-order valence-electron chi connectivity index (χ0n) is 23.5. The van der Waals surface area contributed by atoms with Gasteiger partial charge in [0.2, 0.25) is 0 Å². The fraction of sp³-hybridized carbons (Fsp3) is 0.357. The Labute approximate surface area is 236 Å². The molecule has 5 rings (SSSR count). The van der Waals surface area contributed by atoms with E-state index in [-0.39, 0.29) is 52.1 Å². The molecule has 2 atom stereocenters. The van der Waals surface area contributed by atoms with Gasteiger partial charge < -0.3 is 20.1 Å². The Bertz CT molecular complexity index is 1640. The van der Waals surface area contributed by atoms with E-state index >= 15 is 0 Å². The number of hydrogen-bond acceptors (Lipinski definition) is 9. The average molecular weight is 561 g/mol. The first-order valence-electron chi connectivity index (χ1n) is 13.1. The number of fused-ring (bicyclic) bond motifs is 1. The maximum Gasteiger partial charge on any atom is 0.415 e. The summed E-state index contributed by atoms with van der Waals surface area (Å²) in [4.78, 5) is 49.7. The highest BCUT2D eigenvalue weighted by Crippen LogP contribution is 2.26. The van der Waals surface area contributed by atoms with Crippen LogP contribution in [0.25, 0.3) is 11.5 Å². The quantitative estimate of drug-likeness (QED) is 0.348. The van der Waals surface area contributed by atoms with Crippen molar-refractivity contribution in [2.45, 2.75) is 51.4 Å². The van der Waals surface area contributed by atoms with Gasteiger partial charge in [-0.3, -0.25) is 19.1 Å². The van der Waals surface area contributed by atoms with Crippen molar-refractivity contribution in [3.8, 4) is 5.82 Å². The first-order chi connectivity index (χ1) is 19.6. The van der Waals surface area contributed by atoms with Crippen molar-refractivity contribution in [1.82, 2.24) is 29.5 Å². The van der Waals surface area contributed by atoms with Crippen LogP contribution in [0.4, 0.5) is 22.1 Å².